The van der Waals surface area contributed by atoms with Gasteiger partial charge in [-0.1, -0.05) is 35.9 Å². The Balaban J connectivity index is 1.38. The van der Waals surface area contributed by atoms with Crippen LogP contribution >= 0.6 is 0 Å². The molecule has 5 rings (SSSR count). The van der Waals surface area contributed by atoms with Gasteiger partial charge in [0.2, 0.25) is 0 Å². The lowest BCUT2D eigenvalue weighted by atomic mass is 10.0. The maximum Gasteiger partial charge on any atom is 0.319 e. The molecule has 1 N–H and O–H groups in total. The van der Waals surface area contributed by atoms with E-state index in [1.807, 2.05) is 0 Å². The normalized spacial score (nSPS) is 23.8. The van der Waals surface area contributed by atoms with Crippen LogP contribution < -0.4 is 15.2 Å². The quantitative estimate of drug-likeness (QED) is 0.734. The van der Waals surface area contributed by atoms with E-state index in [1.54, 1.807) is 0 Å². The van der Waals surface area contributed by atoms with Crippen molar-refractivity contribution in [2.24, 2.45) is 0 Å². The van der Waals surface area contributed by atoms with Crippen LogP contribution in [0.2, 0.25) is 0 Å². The number of aryl methyl sites for hydroxylation is 1. The van der Waals surface area contributed by atoms with Crippen LogP contribution in [0.5, 0.6) is 6.01 Å². The average Bonchev–Trinajstić information content (AvgIpc) is 3.45. The fraction of sp³-hybridized carbons (Fsp3) is 0.520. The number of hydrazine groups is 1. The molecule has 2 fully saturated rings. The zero-order chi connectivity index (χ0) is 21.8. The summed E-state index contributed by atoms with van der Waals surface area (Å²) in [6, 6.07) is 11.5. The Morgan fingerprint density at radius 3 is 3.00 bits per heavy atom. The summed E-state index contributed by atoms with van der Waals surface area (Å²) in [6.07, 6.45) is 7.34. The van der Waals surface area contributed by atoms with Gasteiger partial charge in [0.15, 0.2) is 5.82 Å². The number of hydrogen-bond donors (Lipinski definition) is 1. The zero-order valence-corrected chi connectivity index (χ0v) is 18.8. The van der Waals surface area contributed by atoms with Crippen molar-refractivity contribution in [2.45, 2.75) is 51.2 Å². The molecule has 0 spiro atoms. The molecule has 32 heavy (non-hydrogen) atoms. The number of benzene rings is 1. The second-order valence-electron chi connectivity index (χ2n) is 8.78. The first-order valence-corrected chi connectivity index (χ1v) is 11.8. The minimum Gasteiger partial charge on any atom is -0.461 e. The van der Waals surface area contributed by atoms with Gasteiger partial charge in [-0.05, 0) is 50.2 Å². The number of aromatic nitrogens is 2. The highest BCUT2D eigenvalue weighted by atomic mass is 16.5. The van der Waals surface area contributed by atoms with Gasteiger partial charge in [-0.2, -0.15) is 9.97 Å². The predicted molar refractivity (Wildman–Crippen MR) is 124 cm³/mol. The molecule has 2 unspecified atom stereocenters. The minimum atomic E-state index is 0.131. The highest BCUT2D eigenvalue weighted by molar-refractivity contribution is 5.65. The number of allylic oxidation sites excluding steroid dienone is 1. The molecule has 2 saturated heterocycles. The zero-order valence-electron chi connectivity index (χ0n) is 18.8. The predicted octanol–water partition coefficient (Wildman–Crippen LogP) is 3.99. The van der Waals surface area contributed by atoms with E-state index in [0.717, 1.165) is 63.4 Å². The third kappa shape index (κ3) is 5.11. The topological polar surface area (TPSA) is 68.7 Å². The molecule has 0 amide bonds. The summed E-state index contributed by atoms with van der Waals surface area (Å²) < 4.78 is 17.3. The van der Waals surface area contributed by atoms with Gasteiger partial charge >= 0.3 is 6.01 Å². The van der Waals surface area contributed by atoms with E-state index in [0.29, 0.717) is 19.2 Å². The summed E-state index contributed by atoms with van der Waals surface area (Å²) in [5.74, 6) is 0.846. The van der Waals surface area contributed by atoms with Crippen molar-refractivity contribution in [3.8, 4) is 6.01 Å². The Labute approximate surface area is 189 Å². The van der Waals surface area contributed by atoms with Gasteiger partial charge in [0.25, 0.3) is 0 Å². The number of rotatable bonds is 6. The van der Waals surface area contributed by atoms with Gasteiger partial charge in [0, 0.05) is 25.8 Å². The molecule has 3 aliphatic heterocycles. The number of nitrogens with zero attached hydrogens (tertiary/aromatic N) is 3. The SMILES string of the molecule is Cc1cccc(C2CCN(c3cc(C4=CCOCCC4)nc(OCC4CCCO4)n3)N2)c1. The Morgan fingerprint density at radius 1 is 1.16 bits per heavy atom. The summed E-state index contributed by atoms with van der Waals surface area (Å²) in [4.78, 5) is 9.51. The van der Waals surface area contributed by atoms with Gasteiger partial charge in [-0.25, -0.2) is 5.43 Å². The van der Waals surface area contributed by atoms with Gasteiger partial charge < -0.3 is 14.2 Å². The molecule has 0 radical (unpaired) electrons. The first kappa shape index (κ1) is 21.4. The molecular weight excluding hydrogens is 404 g/mol. The molecule has 2 aromatic rings. The number of ether oxygens (including phenoxy) is 3. The van der Waals surface area contributed by atoms with Gasteiger partial charge in [0.1, 0.15) is 6.61 Å². The molecule has 7 nitrogen and oxygen atoms in total. The molecule has 1 aromatic carbocycles. The van der Waals surface area contributed by atoms with E-state index in [2.05, 4.69) is 53.8 Å². The number of anilines is 1. The summed E-state index contributed by atoms with van der Waals surface area (Å²) in [5.41, 5.74) is 8.34. The highest BCUT2D eigenvalue weighted by Gasteiger charge is 2.26. The molecule has 7 heteroatoms. The van der Waals surface area contributed by atoms with Crippen molar-refractivity contribution >= 4 is 11.4 Å². The summed E-state index contributed by atoms with van der Waals surface area (Å²) in [6.45, 7) is 5.72. The molecule has 1 aromatic heterocycles. The van der Waals surface area contributed by atoms with Gasteiger partial charge in [-0.3, -0.25) is 5.01 Å². The summed E-state index contributed by atoms with van der Waals surface area (Å²) in [5, 5.41) is 2.13. The van der Waals surface area contributed by atoms with E-state index in [4.69, 9.17) is 24.2 Å². The van der Waals surface area contributed by atoms with Gasteiger partial charge in [-0.15, -0.1) is 0 Å². The summed E-state index contributed by atoms with van der Waals surface area (Å²) in [7, 11) is 0. The molecule has 0 saturated carbocycles. The van der Waals surface area contributed by atoms with Crippen molar-refractivity contribution in [1.29, 1.82) is 0 Å². The Hall–Kier alpha value is -2.48. The fourth-order valence-corrected chi connectivity index (χ4v) is 4.55. The van der Waals surface area contributed by atoms with E-state index < -0.39 is 0 Å². The van der Waals surface area contributed by atoms with Crippen LogP contribution in [0.1, 0.15) is 55.0 Å². The highest BCUT2D eigenvalue weighted by Crippen LogP contribution is 2.30. The van der Waals surface area contributed by atoms with Crippen LogP contribution in [0, 0.1) is 6.92 Å². The van der Waals surface area contributed by atoms with Crippen molar-refractivity contribution < 1.29 is 14.2 Å². The standard InChI is InChI=1S/C25H32N4O3/c1-18-5-2-6-20(15-18)22-9-11-29(28-22)24-16-23(19-7-3-12-30-14-10-19)26-25(27-24)32-17-21-8-4-13-31-21/h2,5-6,10,15-16,21-22,28H,3-4,7-9,11-14,17H2,1H3. The van der Waals surface area contributed by atoms with Crippen molar-refractivity contribution in [2.75, 3.05) is 38.0 Å². The molecule has 3 aliphatic rings. The second-order valence-corrected chi connectivity index (χ2v) is 8.78. The van der Waals surface area contributed by atoms with Crippen LogP contribution in [0.15, 0.2) is 36.4 Å². The Bertz CT molecular complexity index is 958. The monoisotopic (exact) mass is 436 g/mol. The van der Waals surface area contributed by atoms with Crippen molar-refractivity contribution in [3.05, 3.63) is 53.2 Å². The van der Waals surface area contributed by atoms with Crippen LogP contribution in [0.4, 0.5) is 5.82 Å². The molecule has 0 bridgehead atoms. The maximum absolute atomic E-state index is 6.02. The summed E-state index contributed by atoms with van der Waals surface area (Å²) >= 11 is 0. The third-order valence-corrected chi connectivity index (χ3v) is 6.30. The molecule has 0 aliphatic carbocycles. The average molecular weight is 437 g/mol. The largest absolute Gasteiger partial charge is 0.461 e. The first-order chi connectivity index (χ1) is 15.7. The third-order valence-electron chi connectivity index (χ3n) is 6.30. The Kier molecular flexibility index (Phi) is 6.67. The van der Waals surface area contributed by atoms with E-state index in [1.165, 1.54) is 16.7 Å². The van der Waals surface area contributed by atoms with Gasteiger partial charge in [0.05, 0.1) is 24.4 Å². The van der Waals surface area contributed by atoms with Crippen LogP contribution in [-0.4, -0.2) is 49.0 Å². The van der Waals surface area contributed by atoms with Crippen LogP contribution in [-0.2, 0) is 9.47 Å². The van der Waals surface area contributed by atoms with E-state index >= 15 is 0 Å². The van der Waals surface area contributed by atoms with Crippen LogP contribution in [0.25, 0.3) is 5.57 Å². The lowest BCUT2D eigenvalue weighted by Gasteiger charge is -2.21. The Morgan fingerprint density at radius 2 is 2.12 bits per heavy atom. The molecule has 2 atom stereocenters. The van der Waals surface area contributed by atoms with E-state index in [-0.39, 0.29) is 12.1 Å². The molecular formula is C25H32N4O3. The van der Waals surface area contributed by atoms with Crippen molar-refractivity contribution in [3.63, 3.8) is 0 Å². The lowest BCUT2D eigenvalue weighted by molar-refractivity contribution is 0.0645. The molecule has 4 heterocycles. The molecule has 170 valence electrons. The van der Waals surface area contributed by atoms with E-state index in [9.17, 15) is 0 Å². The van der Waals surface area contributed by atoms with Crippen molar-refractivity contribution in [1.82, 2.24) is 15.4 Å². The lowest BCUT2D eigenvalue weighted by Crippen LogP contribution is -2.33. The first-order valence-electron chi connectivity index (χ1n) is 11.8. The smallest absolute Gasteiger partial charge is 0.319 e. The number of hydrogen-bond acceptors (Lipinski definition) is 7. The minimum absolute atomic E-state index is 0.131. The fourth-order valence-electron chi connectivity index (χ4n) is 4.55. The number of nitrogens with one attached hydrogen (secondary N) is 1. The van der Waals surface area contributed by atoms with Crippen LogP contribution in [0.3, 0.4) is 0 Å². The maximum atomic E-state index is 6.02. The second kappa shape index (κ2) is 9.98.